The molecule has 0 bridgehead atoms. The Morgan fingerprint density at radius 1 is 0.821 bits per heavy atom. The molecular formula is C23H21FO3S. The van der Waals surface area contributed by atoms with Gasteiger partial charge in [-0.3, -0.25) is 0 Å². The summed E-state index contributed by atoms with van der Waals surface area (Å²) in [5.74, 6) is -0.293. The second kappa shape index (κ2) is 7.70. The molecule has 0 saturated carbocycles. The summed E-state index contributed by atoms with van der Waals surface area (Å²) in [5.41, 5.74) is 0.744. The van der Waals surface area contributed by atoms with Crippen LogP contribution in [0.15, 0.2) is 82.6 Å². The van der Waals surface area contributed by atoms with Crippen LogP contribution in [0, 0.1) is 5.82 Å². The Bertz CT molecular complexity index is 1090. The van der Waals surface area contributed by atoms with Gasteiger partial charge < -0.3 is 5.11 Å². The van der Waals surface area contributed by atoms with Crippen LogP contribution >= 0.6 is 0 Å². The molecule has 0 fully saturated rings. The lowest BCUT2D eigenvalue weighted by Crippen LogP contribution is -2.20. The van der Waals surface area contributed by atoms with Gasteiger partial charge in [0.25, 0.3) is 0 Å². The van der Waals surface area contributed by atoms with Crippen LogP contribution in [0.25, 0.3) is 12.2 Å². The smallest absolute Gasteiger partial charge is 0.206 e. The summed E-state index contributed by atoms with van der Waals surface area (Å²) < 4.78 is 39.1. The van der Waals surface area contributed by atoms with Crippen molar-refractivity contribution >= 4 is 22.0 Å². The number of rotatable bonds is 5. The second-order valence-corrected chi connectivity index (χ2v) is 8.93. The van der Waals surface area contributed by atoms with Crippen molar-refractivity contribution in [3.8, 4) is 0 Å². The first-order valence-corrected chi connectivity index (χ1v) is 10.3. The van der Waals surface area contributed by atoms with Crippen molar-refractivity contribution in [2.24, 2.45) is 0 Å². The molecule has 0 amide bonds. The SMILES string of the molecule is CC(C)(O)c1ccccc1S(=O)(=O)c1ccc(/C=C/c2ccc(F)cc2)cc1. The molecule has 0 heterocycles. The van der Waals surface area contributed by atoms with Gasteiger partial charge in [0.15, 0.2) is 0 Å². The fourth-order valence-electron chi connectivity index (χ4n) is 2.86. The molecule has 28 heavy (non-hydrogen) atoms. The first-order valence-electron chi connectivity index (χ1n) is 8.78. The molecule has 1 N–H and O–H groups in total. The Labute approximate surface area is 164 Å². The van der Waals surface area contributed by atoms with E-state index in [1.807, 2.05) is 12.2 Å². The van der Waals surface area contributed by atoms with Crippen molar-refractivity contribution < 1.29 is 17.9 Å². The zero-order valence-corrected chi connectivity index (χ0v) is 16.4. The highest BCUT2D eigenvalue weighted by molar-refractivity contribution is 7.91. The number of halogens is 1. The van der Waals surface area contributed by atoms with Gasteiger partial charge in [0.2, 0.25) is 9.84 Å². The van der Waals surface area contributed by atoms with Gasteiger partial charge in [0.1, 0.15) is 5.82 Å². The van der Waals surface area contributed by atoms with Crippen molar-refractivity contribution in [3.05, 3.63) is 95.3 Å². The van der Waals surface area contributed by atoms with Crippen LogP contribution in [-0.4, -0.2) is 13.5 Å². The summed E-state index contributed by atoms with van der Waals surface area (Å²) in [6.07, 6.45) is 3.65. The lowest BCUT2D eigenvalue weighted by Gasteiger charge is -2.21. The summed E-state index contributed by atoms with van der Waals surface area (Å²) in [7, 11) is -3.77. The predicted molar refractivity (Wildman–Crippen MR) is 109 cm³/mol. The molecule has 0 unspecified atom stereocenters. The van der Waals surface area contributed by atoms with E-state index in [9.17, 15) is 17.9 Å². The molecule has 0 atom stereocenters. The topological polar surface area (TPSA) is 54.4 Å². The fourth-order valence-corrected chi connectivity index (χ4v) is 4.47. The lowest BCUT2D eigenvalue weighted by molar-refractivity contribution is 0.0755. The van der Waals surface area contributed by atoms with Crippen LogP contribution in [0.2, 0.25) is 0 Å². The van der Waals surface area contributed by atoms with Crippen molar-refractivity contribution in [2.75, 3.05) is 0 Å². The predicted octanol–water partition coefficient (Wildman–Crippen LogP) is 5.06. The molecule has 0 aliphatic heterocycles. The highest BCUT2D eigenvalue weighted by Crippen LogP contribution is 2.31. The van der Waals surface area contributed by atoms with Crippen molar-refractivity contribution in [1.29, 1.82) is 0 Å². The number of aliphatic hydroxyl groups is 1. The summed E-state index contributed by atoms with van der Waals surface area (Å²) in [6.45, 7) is 3.12. The molecule has 3 nitrogen and oxygen atoms in total. The lowest BCUT2D eigenvalue weighted by atomic mass is 9.99. The molecular weight excluding hydrogens is 375 g/mol. The van der Waals surface area contributed by atoms with E-state index in [-0.39, 0.29) is 15.6 Å². The first kappa shape index (κ1) is 20.0. The molecule has 3 rings (SSSR count). The highest BCUT2D eigenvalue weighted by Gasteiger charge is 2.27. The first-order chi connectivity index (χ1) is 13.2. The van der Waals surface area contributed by atoms with Gasteiger partial charge in [-0.25, -0.2) is 12.8 Å². The summed E-state index contributed by atoms with van der Waals surface area (Å²) in [5, 5.41) is 10.3. The van der Waals surface area contributed by atoms with E-state index in [1.165, 1.54) is 18.2 Å². The number of hydrogen-bond donors (Lipinski definition) is 1. The summed E-state index contributed by atoms with van der Waals surface area (Å²) >= 11 is 0. The number of benzene rings is 3. The average molecular weight is 396 g/mol. The Morgan fingerprint density at radius 2 is 1.32 bits per heavy atom. The van der Waals surface area contributed by atoms with E-state index < -0.39 is 15.4 Å². The Morgan fingerprint density at radius 3 is 1.86 bits per heavy atom. The minimum Gasteiger partial charge on any atom is -0.386 e. The maximum Gasteiger partial charge on any atom is 0.206 e. The molecule has 0 spiro atoms. The zero-order valence-electron chi connectivity index (χ0n) is 15.6. The van der Waals surface area contributed by atoms with E-state index in [0.717, 1.165) is 11.1 Å². The van der Waals surface area contributed by atoms with E-state index in [4.69, 9.17) is 0 Å². The molecule has 5 heteroatoms. The Kier molecular flexibility index (Phi) is 5.49. The monoisotopic (exact) mass is 396 g/mol. The minimum absolute atomic E-state index is 0.0945. The van der Waals surface area contributed by atoms with Gasteiger partial charge in [-0.1, -0.05) is 54.6 Å². The van der Waals surface area contributed by atoms with Gasteiger partial charge in [-0.05, 0) is 55.3 Å². The second-order valence-electron chi connectivity index (χ2n) is 7.01. The van der Waals surface area contributed by atoms with Crippen molar-refractivity contribution in [3.63, 3.8) is 0 Å². The van der Waals surface area contributed by atoms with Crippen LogP contribution in [0.3, 0.4) is 0 Å². The minimum atomic E-state index is -3.77. The van der Waals surface area contributed by atoms with Crippen molar-refractivity contribution in [2.45, 2.75) is 29.2 Å². The van der Waals surface area contributed by atoms with Gasteiger partial charge in [-0.2, -0.15) is 0 Å². The van der Waals surface area contributed by atoms with Crippen LogP contribution in [0.1, 0.15) is 30.5 Å². The molecule has 144 valence electrons. The quantitative estimate of drug-likeness (QED) is 0.614. The molecule has 3 aromatic rings. The standard InChI is InChI=1S/C23H21FO3S/c1-23(2,25)21-5-3-4-6-22(21)28(26,27)20-15-11-18(12-16-20)8-7-17-9-13-19(24)14-10-17/h3-16,25H,1-2H3/b8-7+. The average Bonchev–Trinajstić information content (AvgIpc) is 2.67. The van der Waals surface area contributed by atoms with E-state index in [0.29, 0.717) is 5.56 Å². The van der Waals surface area contributed by atoms with Crippen LogP contribution in [-0.2, 0) is 15.4 Å². The van der Waals surface area contributed by atoms with Gasteiger partial charge in [0, 0.05) is 5.56 Å². The molecule has 0 aliphatic rings. The normalized spacial score (nSPS) is 12.4. The number of hydrogen-bond acceptors (Lipinski definition) is 3. The summed E-state index contributed by atoms with van der Waals surface area (Å²) in [6, 6.07) is 19.1. The van der Waals surface area contributed by atoms with Gasteiger partial charge >= 0.3 is 0 Å². The maximum atomic E-state index is 13.1. The summed E-state index contributed by atoms with van der Waals surface area (Å²) in [4.78, 5) is 0.250. The van der Waals surface area contributed by atoms with E-state index >= 15 is 0 Å². The Hall–Kier alpha value is -2.76. The largest absolute Gasteiger partial charge is 0.386 e. The molecule has 0 saturated heterocycles. The Balaban J connectivity index is 1.90. The van der Waals surface area contributed by atoms with Gasteiger partial charge in [0.05, 0.1) is 15.4 Å². The van der Waals surface area contributed by atoms with E-state index in [1.54, 1.807) is 68.4 Å². The molecule has 0 radical (unpaired) electrons. The maximum absolute atomic E-state index is 13.1. The van der Waals surface area contributed by atoms with Crippen LogP contribution in [0.4, 0.5) is 4.39 Å². The third-order valence-electron chi connectivity index (χ3n) is 4.36. The zero-order chi connectivity index (χ0) is 20.4. The molecule has 0 aliphatic carbocycles. The van der Waals surface area contributed by atoms with Crippen LogP contribution < -0.4 is 0 Å². The van der Waals surface area contributed by atoms with Crippen molar-refractivity contribution in [1.82, 2.24) is 0 Å². The highest BCUT2D eigenvalue weighted by atomic mass is 32.2. The van der Waals surface area contributed by atoms with Gasteiger partial charge in [-0.15, -0.1) is 0 Å². The number of sulfone groups is 1. The fraction of sp³-hybridized carbons (Fsp3) is 0.130. The third-order valence-corrected chi connectivity index (χ3v) is 6.19. The third kappa shape index (κ3) is 4.38. The van der Waals surface area contributed by atoms with Crippen LogP contribution in [0.5, 0.6) is 0 Å². The molecule has 3 aromatic carbocycles. The van der Waals surface area contributed by atoms with E-state index in [2.05, 4.69) is 0 Å². The molecule has 0 aromatic heterocycles.